The Morgan fingerprint density at radius 3 is 1.91 bits per heavy atom. The zero-order valence-corrected chi connectivity index (χ0v) is 18.0. The molecule has 0 bridgehead atoms. The summed E-state index contributed by atoms with van der Waals surface area (Å²) in [6, 6.07) is 34.1. The van der Waals surface area contributed by atoms with Crippen LogP contribution in [0.5, 0.6) is 5.75 Å². The van der Waals surface area contributed by atoms with Crippen molar-refractivity contribution in [1.82, 2.24) is 10.9 Å². The van der Waals surface area contributed by atoms with E-state index in [1.165, 1.54) is 0 Å². The van der Waals surface area contributed by atoms with Gasteiger partial charge in [0.05, 0.1) is 12.2 Å². The van der Waals surface area contributed by atoms with E-state index < -0.39 is 11.8 Å². The van der Waals surface area contributed by atoms with Crippen LogP contribution in [0.4, 0.5) is 0 Å². The van der Waals surface area contributed by atoms with Crippen LogP contribution in [0.2, 0.25) is 0 Å². The summed E-state index contributed by atoms with van der Waals surface area (Å²) >= 11 is 0. The molecule has 5 nitrogen and oxygen atoms in total. The van der Waals surface area contributed by atoms with E-state index in [4.69, 9.17) is 4.74 Å². The summed E-state index contributed by atoms with van der Waals surface area (Å²) in [5.74, 6) is -0.377. The van der Waals surface area contributed by atoms with Crippen LogP contribution in [-0.4, -0.2) is 18.4 Å². The van der Waals surface area contributed by atoms with Gasteiger partial charge < -0.3 is 4.74 Å². The molecule has 0 saturated carbocycles. The minimum absolute atomic E-state index is 0.352. The predicted molar refractivity (Wildman–Crippen MR) is 129 cm³/mol. The first-order valence-electron chi connectivity index (χ1n) is 10.7. The quantitative estimate of drug-likeness (QED) is 0.399. The minimum atomic E-state index is -0.445. The summed E-state index contributed by atoms with van der Waals surface area (Å²) in [5.41, 5.74) is 8.98. The first-order valence-corrected chi connectivity index (χ1v) is 10.7. The summed E-state index contributed by atoms with van der Waals surface area (Å²) in [4.78, 5) is 25.2. The topological polar surface area (TPSA) is 67.4 Å². The number of carbonyl (C=O) groups is 2. The molecule has 0 aliphatic rings. The molecule has 0 unspecified atom stereocenters. The summed E-state index contributed by atoms with van der Waals surface area (Å²) in [7, 11) is 0. The Bertz CT molecular complexity index is 1210. The van der Waals surface area contributed by atoms with Gasteiger partial charge >= 0.3 is 0 Å². The SMILES string of the molecule is O=C(NNC(=O)c1ccccc1OCCc1ccccc1)c1ccc(-c2ccccc2)cc1. The van der Waals surface area contributed by atoms with Gasteiger partial charge in [0.2, 0.25) is 0 Å². The first-order chi connectivity index (χ1) is 16.2. The number of nitrogens with one attached hydrogen (secondary N) is 2. The van der Waals surface area contributed by atoms with Crippen molar-refractivity contribution < 1.29 is 14.3 Å². The van der Waals surface area contributed by atoms with Crippen LogP contribution in [-0.2, 0) is 6.42 Å². The van der Waals surface area contributed by atoms with E-state index in [9.17, 15) is 9.59 Å². The maximum absolute atomic E-state index is 12.7. The lowest BCUT2D eigenvalue weighted by molar-refractivity contribution is 0.0844. The van der Waals surface area contributed by atoms with E-state index in [1.54, 1.807) is 30.3 Å². The van der Waals surface area contributed by atoms with Gasteiger partial charge in [-0.1, -0.05) is 84.9 Å². The molecule has 164 valence electrons. The highest BCUT2D eigenvalue weighted by atomic mass is 16.5. The second kappa shape index (κ2) is 10.8. The number of hydrogen-bond acceptors (Lipinski definition) is 3. The second-order valence-electron chi connectivity index (χ2n) is 7.43. The van der Waals surface area contributed by atoms with Crippen molar-refractivity contribution in [3.05, 3.63) is 126 Å². The number of carbonyl (C=O) groups excluding carboxylic acids is 2. The molecule has 0 fully saturated rings. The molecular formula is C28H24N2O3. The highest BCUT2D eigenvalue weighted by Gasteiger charge is 2.14. The molecule has 4 aromatic rings. The molecular weight excluding hydrogens is 412 g/mol. The highest BCUT2D eigenvalue weighted by molar-refractivity contribution is 6.00. The van der Waals surface area contributed by atoms with Gasteiger partial charge in [0.25, 0.3) is 11.8 Å². The lowest BCUT2D eigenvalue weighted by Crippen LogP contribution is -2.41. The van der Waals surface area contributed by atoms with E-state index >= 15 is 0 Å². The third-order valence-corrected chi connectivity index (χ3v) is 5.17. The predicted octanol–water partition coefficient (Wildman–Crippen LogP) is 5.05. The molecule has 0 aromatic heterocycles. The van der Waals surface area contributed by atoms with Crippen molar-refractivity contribution in [1.29, 1.82) is 0 Å². The Labute approximate surface area is 193 Å². The number of benzene rings is 4. The molecule has 33 heavy (non-hydrogen) atoms. The van der Waals surface area contributed by atoms with Gasteiger partial charge in [-0.2, -0.15) is 0 Å². The molecule has 0 saturated heterocycles. The van der Waals surface area contributed by atoms with Gasteiger partial charge in [-0.25, -0.2) is 0 Å². The molecule has 4 rings (SSSR count). The fourth-order valence-electron chi connectivity index (χ4n) is 3.40. The number of amides is 2. The van der Waals surface area contributed by atoms with Crippen molar-refractivity contribution in [2.75, 3.05) is 6.61 Å². The molecule has 0 radical (unpaired) electrons. The van der Waals surface area contributed by atoms with Crippen LogP contribution in [0.1, 0.15) is 26.3 Å². The summed E-state index contributed by atoms with van der Waals surface area (Å²) in [6.45, 7) is 0.439. The Balaban J connectivity index is 1.33. The summed E-state index contributed by atoms with van der Waals surface area (Å²) < 4.78 is 5.84. The Morgan fingerprint density at radius 1 is 0.606 bits per heavy atom. The van der Waals surface area contributed by atoms with Gasteiger partial charge in [-0.05, 0) is 41.0 Å². The monoisotopic (exact) mass is 436 g/mol. The van der Waals surface area contributed by atoms with Gasteiger partial charge in [0, 0.05) is 12.0 Å². The standard InChI is InChI=1S/C28H24N2O3/c31-27(24-17-15-23(16-18-24)22-11-5-2-6-12-22)29-30-28(32)25-13-7-8-14-26(25)33-20-19-21-9-3-1-4-10-21/h1-18H,19-20H2,(H,29,31)(H,30,32). The van der Waals surface area contributed by atoms with Gasteiger partial charge in [0.1, 0.15) is 5.75 Å². The third kappa shape index (κ3) is 5.86. The van der Waals surface area contributed by atoms with Crippen LogP contribution < -0.4 is 15.6 Å². The maximum Gasteiger partial charge on any atom is 0.273 e. The van der Waals surface area contributed by atoms with E-state index in [0.717, 1.165) is 23.1 Å². The van der Waals surface area contributed by atoms with Gasteiger partial charge in [0.15, 0.2) is 0 Å². The maximum atomic E-state index is 12.7. The fraction of sp³-hybridized carbons (Fsp3) is 0.0714. The first kappa shape index (κ1) is 21.8. The molecule has 5 heteroatoms. The molecule has 4 aromatic carbocycles. The molecule has 0 atom stereocenters. The van der Waals surface area contributed by atoms with Gasteiger partial charge in [-0.15, -0.1) is 0 Å². The normalized spacial score (nSPS) is 10.3. The van der Waals surface area contributed by atoms with Crippen LogP contribution >= 0.6 is 0 Å². The van der Waals surface area contributed by atoms with Crippen molar-refractivity contribution >= 4 is 11.8 Å². The Morgan fingerprint density at radius 2 is 1.18 bits per heavy atom. The Kier molecular flexibility index (Phi) is 7.13. The summed E-state index contributed by atoms with van der Waals surface area (Å²) in [6.07, 6.45) is 0.729. The largest absolute Gasteiger partial charge is 0.492 e. The lowest BCUT2D eigenvalue weighted by atomic mass is 10.0. The van der Waals surface area contributed by atoms with E-state index in [1.807, 2.05) is 78.9 Å². The number of hydrogen-bond donors (Lipinski definition) is 2. The number of para-hydroxylation sites is 1. The van der Waals surface area contributed by atoms with Crippen molar-refractivity contribution in [2.24, 2.45) is 0 Å². The molecule has 2 amide bonds. The number of rotatable bonds is 7. The van der Waals surface area contributed by atoms with Crippen LogP contribution in [0.15, 0.2) is 109 Å². The number of ether oxygens (including phenoxy) is 1. The Hall–Kier alpha value is -4.38. The fourth-order valence-corrected chi connectivity index (χ4v) is 3.40. The molecule has 0 heterocycles. The van der Waals surface area contributed by atoms with E-state index in [0.29, 0.717) is 23.5 Å². The lowest BCUT2D eigenvalue weighted by Gasteiger charge is -2.12. The van der Waals surface area contributed by atoms with Crippen molar-refractivity contribution in [3.63, 3.8) is 0 Å². The zero-order valence-electron chi connectivity index (χ0n) is 18.0. The minimum Gasteiger partial charge on any atom is -0.492 e. The average molecular weight is 437 g/mol. The van der Waals surface area contributed by atoms with Crippen LogP contribution in [0.25, 0.3) is 11.1 Å². The molecule has 0 aliphatic carbocycles. The van der Waals surface area contributed by atoms with Gasteiger partial charge in [-0.3, -0.25) is 20.4 Å². The average Bonchev–Trinajstić information content (AvgIpc) is 2.88. The second-order valence-corrected chi connectivity index (χ2v) is 7.43. The van der Waals surface area contributed by atoms with Crippen molar-refractivity contribution in [3.8, 4) is 16.9 Å². The van der Waals surface area contributed by atoms with Crippen LogP contribution in [0.3, 0.4) is 0 Å². The van der Waals surface area contributed by atoms with Crippen LogP contribution in [0, 0.1) is 0 Å². The third-order valence-electron chi connectivity index (χ3n) is 5.17. The highest BCUT2D eigenvalue weighted by Crippen LogP contribution is 2.20. The van der Waals surface area contributed by atoms with E-state index in [-0.39, 0.29) is 0 Å². The molecule has 0 spiro atoms. The van der Waals surface area contributed by atoms with Crippen molar-refractivity contribution in [2.45, 2.75) is 6.42 Å². The number of hydrazine groups is 1. The zero-order chi connectivity index (χ0) is 22.9. The summed E-state index contributed by atoms with van der Waals surface area (Å²) in [5, 5.41) is 0. The van der Waals surface area contributed by atoms with E-state index in [2.05, 4.69) is 10.9 Å². The molecule has 2 N–H and O–H groups in total. The molecule has 0 aliphatic heterocycles. The smallest absolute Gasteiger partial charge is 0.273 e.